The molecule has 0 aliphatic rings. The molecule has 0 saturated carbocycles. The van der Waals surface area contributed by atoms with Crippen molar-refractivity contribution in [2.75, 3.05) is 20.8 Å². The Bertz CT molecular complexity index is 675. The molecule has 1 amide bonds. The van der Waals surface area contributed by atoms with Gasteiger partial charge in [0.05, 0.1) is 14.2 Å². The molecule has 2 aromatic rings. The molecule has 0 fully saturated rings. The predicted octanol–water partition coefficient (Wildman–Crippen LogP) is 2.54. The number of methoxy groups -OCH3 is 2. The van der Waals surface area contributed by atoms with Crippen molar-refractivity contribution >= 4 is 5.91 Å². The highest BCUT2D eigenvalue weighted by molar-refractivity contribution is 5.77. The van der Waals surface area contributed by atoms with E-state index in [0.717, 1.165) is 0 Å². The van der Waals surface area contributed by atoms with Gasteiger partial charge in [-0.25, -0.2) is 4.39 Å². The van der Waals surface area contributed by atoms with Crippen LogP contribution in [0.2, 0.25) is 0 Å². The Morgan fingerprint density at radius 2 is 1.74 bits per heavy atom. The highest BCUT2D eigenvalue weighted by atomic mass is 19.1. The molecule has 0 atom stereocenters. The normalized spacial score (nSPS) is 10.0. The average Bonchev–Trinajstić information content (AvgIpc) is 2.58. The summed E-state index contributed by atoms with van der Waals surface area (Å²) in [4.78, 5) is 11.9. The first-order valence-electron chi connectivity index (χ1n) is 6.99. The zero-order valence-electron chi connectivity index (χ0n) is 13.0. The van der Waals surface area contributed by atoms with Crippen LogP contribution in [-0.4, -0.2) is 26.7 Å². The van der Waals surface area contributed by atoms with Crippen molar-refractivity contribution in [2.24, 2.45) is 0 Å². The molecule has 5 nitrogen and oxygen atoms in total. The molecule has 0 saturated heterocycles. The summed E-state index contributed by atoms with van der Waals surface area (Å²) < 4.78 is 28.9. The second kappa shape index (κ2) is 8.03. The number of carbonyl (C=O) groups excluding carboxylic acids is 1. The number of benzene rings is 2. The fourth-order valence-corrected chi connectivity index (χ4v) is 2.01. The maximum atomic E-state index is 13.3. The molecule has 0 radical (unpaired) electrons. The average molecular weight is 319 g/mol. The van der Waals surface area contributed by atoms with Crippen molar-refractivity contribution in [3.05, 3.63) is 53.8 Å². The van der Waals surface area contributed by atoms with Gasteiger partial charge in [-0.3, -0.25) is 4.79 Å². The molecule has 0 aliphatic carbocycles. The van der Waals surface area contributed by atoms with Crippen molar-refractivity contribution in [3.8, 4) is 17.2 Å². The summed E-state index contributed by atoms with van der Waals surface area (Å²) in [5, 5.41) is 2.66. The lowest BCUT2D eigenvalue weighted by molar-refractivity contribution is -0.123. The molecule has 23 heavy (non-hydrogen) atoms. The van der Waals surface area contributed by atoms with E-state index in [1.165, 1.54) is 32.4 Å². The van der Waals surface area contributed by atoms with E-state index in [0.29, 0.717) is 22.8 Å². The molecule has 122 valence electrons. The Kier molecular flexibility index (Phi) is 5.80. The molecule has 6 heteroatoms. The summed E-state index contributed by atoms with van der Waals surface area (Å²) in [5.41, 5.74) is 0.554. The number of halogens is 1. The smallest absolute Gasteiger partial charge is 0.258 e. The minimum Gasteiger partial charge on any atom is -0.496 e. The lowest BCUT2D eigenvalue weighted by Crippen LogP contribution is -2.28. The molecular weight excluding hydrogens is 301 g/mol. The molecule has 1 N–H and O–H groups in total. The van der Waals surface area contributed by atoms with E-state index < -0.39 is 0 Å². The second-order valence-electron chi connectivity index (χ2n) is 4.67. The van der Waals surface area contributed by atoms with Gasteiger partial charge in [0.15, 0.2) is 18.1 Å². The molecule has 0 unspecified atom stereocenters. The van der Waals surface area contributed by atoms with Crippen molar-refractivity contribution < 1.29 is 23.4 Å². The zero-order valence-corrected chi connectivity index (χ0v) is 13.0. The first-order chi connectivity index (χ1) is 11.1. The van der Waals surface area contributed by atoms with Crippen LogP contribution in [0, 0.1) is 5.82 Å². The molecule has 0 heterocycles. The molecule has 0 aliphatic heterocycles. The molecule has 0 spiro atoms. The van der Waals surface area contributed by atoms with Crippen molar-refractivity contribution in [2.45, 2.75) is 6.54 Å². The predicted molar refractivity (Wildman–Crippen MR) is 83.3 cm³/mol. The fraction of sp³-hybridized carbons (Fsp3) is 0.235. The number of para-hydroxylation sites is 2. The summed E-state index contributed by atoms with van der Waals surface area (Å²) in [5.74, 6) is 0.820. The quantitative estimate of drug-likeness (QED) is 0.852. The summed E-state index contributed by atoms with van der Waals surface area (Å²) in [6.07, 6.45) is 0. The Morgan fingerprint density at radius 3 is 2.43 bits per heavy atom. The second-order valence-corrected chi connectivity index (χ2v) is 4.67. The van der Waals surface area contributed by atoms with Gasteiger partial charge in [0.25, 0.3) is 5.91 Å². The Hall–Kier alpha value is -2.76. The van der Waals surface area contributed by atoms with E-state index in [9.17, 15) is 9.18 Å². The summed E-state index contributed by atoms with van der Waals surface area (Å²) in [6, 6.07) is 11.2. The number of carbonyl (C=O) groups is 1. The van der Waals surface area contributed by atoms with Gasteiger partial charge in [-0.15, -0.1) is 0 Å². The van der Waals surface area contributed by atoms with Crippen molar-refractivity contribution in [3.63, 3.8) is 0 Å². The zero-order chi connectivity index (χ0) is 16.7. The van der Waals surface area contributed by atoms with Gasteiger partial charge in [0.2, 0.25) is 0 Å². The topological polar surface area (TPSA) is 56.8 Å². The minimum atomic E-state index is -0.389. The van der Waals surface area contributed by atoms with Crippen molar-refractivity contribution in [1.29, 1.82) is 0 Å². The van der Waals surface area contributed by atoms with Gasteiger partial charge >= 0.3 is 0 Å². The van der Waals surface area contributed by atoms with Crippen LogP contribution in [0.25, 0.3) is 0 Å². The summed E-state index contributed by atoms with van der Waals surface area (Å²) >= 11 is 0. The van der Waals surface area contributed by atoms with Gasteiger partial charge in [-0.05, 0) is 30.3 Å². The number of rotatable bonds is 7. The maximum Gasteiger partial charge on any atom is 0.258 e. The standard InChI is InChI=1S/C17H18FNO4/c1-21-14-8-7-13(18)9-12(14)10-19-17(20)11-23-16-6-4-3-5-15(16)22-2/h3-9H,10-11H2,1-2H3,(H,19,20). The van der Waals surface area contributed by atoms with Crippen LogP contribution in [0.5, 0.6) is 17.2 Å². The fourth-order valence-electron chi connectivity index (χ4n) is 2.01. The Morgan fingerprint density at radius 1 is 1.04 bits per heavy atom. The third kappa shape index (κ3) is 4.60. The molecule has 2 aromatic carbocycles. The monoisotopic (exact) mass is 319 g/mol. The van der Waals surface area contributed by atoms with Crippen LogP contribution < -0.4 is 19.5 Å². The number of hydrogen-bond acceptors (Lipinski definition) is 4. The van der Waals surface area contributed by atoms with Gasteiger partial charge in [-0.1, -0.05) is 12.1 Å². The highest BCUT2D eigenvalue weighted by Crippen LogP contribution is 2.25. The van der Waals surface area contributed by atoms with E-state index in [2.05, 4.69) is 5.32 Å². The molecular formula is C17H18FNO4. The number of ether oxygens (including phenoxy) is 3. The van der Waals surface area contributed by atoms with Crippen LogP contribution in [-0.2, 0) is 11.3 Å². The van der Waals surface area contributed by atoms with E-state index in [4.69, 9.17) is 14.2 Å². The van der Waals surface area contributed by atoms with Crippen LogP contribution >= 0.6 is 0 Å². The van der Waals surface area contributed by atoms with Gasteiger partial charge in [-0.2, -0.15) is 0 Å². The lowest BCUT2D eigenvalue weighted by atomic mass is 10.2. The van der Waals surface area contributed by atoms with Crippen LogP contribution in [0.3, 0.4) is 0 Å². The summed E-state index contributed by atoms with van der Waals surface area (Å²) in [6.45, 7) is -0.0208. The maximum absolute atomic E-state index is 13.3. The van der Waals surface area contributed by atoms with Gasteiger partial charge in [0.1, 0.15) is 11.6 Å². The lowest BCUT2D eigenvalue weighted by Gasteiger charge is -2.12. The van der Waals surface area contributed by atoms with E-state index in [1.807, 2.05) is 6.07 Å². The summed E-state index contributed by atoms with van der Waals surface area (Å²) in [7, 11) is 3.02. The third-order valence-electron chi connectivity index (χ3n) is 3.15. The largest absolute Gasteiger partial charge is 0.496 e. The van der Waals surface area contributed by atoms with E-state index in [-0.39, 0.29) is 24.9 Å². The van der Waals surface area contributed by atoms with E-state index in [1.54, 1.807) is 18.2 Å². The molecule has 0 aromatic heterocycles. The first-order valence-corrected chi connectivity index (χ1v) is 6.99. The molecule has 0 bridgehead atoms. The van der Waals surface area contributed by atoms with Gasteiger partial charge in [0, 0.05) is 12.1 Å². The highest BCUT2D eigenvalue weighted by Gasteiger charge is 2.09. The van der Waals surface area contributed by atoms with Gasteiger partial charge < -0.3 is 19.5 Å². The number of amides is 1. The third-order valence-corrected chi connectivity index (χ3v) is 3.15. The Balaban J connectivity index is 1.89. The molecule has 2 rings (SSSR count). The number of nitrogens with one attached hydrogen (secondary N) is 1. The van der Waals surface area contributed by atoms with E-state index >= 15 is 0 Å². The SMILES string of the molecule is COc1ccc(F)cc1CNC(=O)COc1ccccc1OC. The van der Waals surface area contributed by atoms with Crippen LogP contribution in [0.4, 0.5) is 4.39 Å². The number of hydrogen-bond donors (Lipinski definition) is 1. The minimum absolute atomic E-state index is 0.148. The van der Waals surface area contributed by atoms with Crippen molar-refractivity contribution in [1.82, 2.24) is 5.32 Å². The van der Waals surface area contributed by atoms with Crippen LogP contribution in [0.15, 0.2) is 42.5 Å². The van der Waals surface area contributed by atoms with Crippen LogP contribution in [0.1, 0.15) is 5.56 Å². The first kappa shape index (κ1) is 16.6. The Labute approximate surface area is 134 Å².